The fourth-order valence-corrected chi connectivity index (χ4v) is 3.40. The largest absolute Gasteiger partial charge is 0.449 e. The number of nitrogens with zero attached hydrogens (tertiary/aromatic N) is 1. The van der Waals surface area contributed by atoms with Crippen LogP contribution in [0.2, 0.25) is 0 Å². The minimum absolute atomic E-state index is 0.258. The number of hydrogen-bond acceptors (Lipinski definition) is 5. The summed E-state index contributed by atoms with van der Waals surface area (Å²) in [6, 6.07) is 22.7. The SMILES string of the molecule is CC(C)COC(=O)Nc1cccc(C(O)Nc2c3ccccc3nc3ccccc23)c1. The van der Waals surface area contributed by atoms with E-state index in [4.69, 9.17) is 9.72 Å². The summed E-state index contributed by atoms with van der Waals surface area (Å²) >= 11 is 0. The van der Waals surface area contributed by atoms with Crippen molar-refractivity contribution in [2.75, 3.05) is 17.2 Å². The Labute approximate surface area is 180 Å². The highest BCUT2D eigenvalue weighted by molar-refractivity contribution is 6.07. The molecule has 0 aliphatic rings. The zero-order valence-corrected chi connectivity index (χ0v) is 17.5. The molecule has 0 bridgehead atoms. The third-order valence-corrected chi connectivity index (χ3v) is 4.87. The normalized spacial score (nSPS) is 12.1. The molecule has 6 heteroatoms. The van der Waals surface area contributed by atoms with Gasteiger partial charge in [0.05, 0.1) is 23.3 Å². The predicted octanol–water partition coefficient (Wildman–Crippen LogP) is 5.70. The van der Waals surface area contributed by atoms with Crippen LogP contribution in [0.3, 0.4) is 0 Å². The number of carbonyl (C=O) groups excluding carboxylic acids is 1. The number of carbonyl (C=O) groups is 1. The lowest BCUT2D eigenvalue weighted by molar-refractivity contribution is 0.147. The smallest absolute Gasteiger partial charge is 0.411 e. The van der Waals surface area contributed by atoms with Gasteiger partial charge in [0.15, 0.2) is 6.23 Å². The van der Waals surface area contributed by atoms with Gasteiger partial charge in [0.2, 0.25) is 0 Å². The monoisotopic (exact) mass is 415 g/mol. The maximum absolute atomic E-state index is 12.0. The van der Waals surface area contributed by atoms with E-state index in [1.807, 2.05) is 62.4 Å². The molecule has 0 spiro atoms. The van der Waals surface area contributed by atoms with Crippen LogP contribution in [0.25, 0.3) is 21.8 Å². The summed E-state index contributed by atoms with van der Waals surface area (Å²) in [5.41, 5.74) is 3.67. The number of aliphatic hydroxyl groups excluding tert-OH is 1. The molecular weight excluding hydrogens is 390 g/mol. The number of aromatic nitrogens is 1. The Morgan fingerprint density at radius 3 is 2.26 bits per heavy atom. The number of anilines is 2. The quantitative estimate of drug-likeness (QED) is 0.278. The topological polar surface area (TPSA) is 83.5 Å². The highest BCUT2D eigenvalue weighted by Crippen LogP contribution is 2.33. The van der Waals surface area contributed by atoms with E-state index in [0.29, 0.717) is 17.9 Å². The second-order valence-corrected chi connectivity index (χ2v) is 7.81. The molecule has 1 heterocycles. The van der Waals surface area contributed by atoms with E-state index in [1.54, 1.807) is 24.3 Å². The molecule has 0 fully saturated rings. The zero-order valence-electron chi connectivity index (χ0n) is 17.5. The van der Waals surface area contributed by atoms with Crippen LogP contribution >= 0.6 is 0 Å². The summed E-state index contributed by atoms with van der Waals surface area (Å²) < 4.78 is 5.16. The molecule has 3 aromatic carbocycles. The van der Waals surface area contributed by atoms with Gasteiger partial charge in [-0.2, -0.15) is 0 Å². The summed E-state index contributed by atoms with van der Waals surface area (Å²) in [4.78, 5) is 16.7. The maximum Gasteiger partial charge on any atom is 0.411 e. The highest BCUT2D eigenvalue weighted by atomic mass is 16.5. The molecule has 0 radical (unpaired) electrons. The molecule has 0 saturated carbocycles. The fourth-order valence-electron chi connectivity index (χ4n) is 3.40. The Hall–Kier alpha value is -3.64. The zero-order chi connectivity index (χ0) is 21.8. The van der Waals surface area contributed by atoms with Crippen LogP contribution in [0.15, 0.2) is 72.8 Å². The number of fused-ring (bicyclic) bond motifs is 2. The van der Waals surface area contributed by atoms with Crippen LogP contribution in [0.4, 0.5) is 16.2 Å². The van der Waals surface area contributed by atoms with Crippen LogP contribution in [0.5, 0.6) is 0 Å². The highest BCUT2D eigenvalue weighted by Gasteiger charge is 2.14. The number of para-hydroxylation sites is 2. The molecule has 0 saturated heterocycles. The first-order chi connectivity index (χ1) is 15.0. The third kappa shape index (κ3) is 4.75. The van der Waals surface area contributed by atoms with E-state index in [1.165, 1.54) is 0 Å². The first-order valence-corrected chi connectivity index (χ1v) is 10.3. The van der Waals surface area contributed by atoms with E-state index in [2.05, 4.69) is 10.6 Å². The summed E-state index contributed by atoms with van der Waals surface area (Å²) in [6.45, 7) is 4.29. The molecule has 158 valence electrons. The number of pyridine rings is 1. The summed E-state index contributed by atoms with van der Waals surface area (Å²) in [5, 5.41) is 18.7. The second-order valence-electron chi connectivity index (χ2n) is 7.81. The molecule has 0 aliphatic heterocycles. The number of ether oxygens (including phenoxy) is 1. The van der Waals surface area contributed by atoms with E-state index in [9.17, 15) is 9.90 Å². The number of nitrogens with one attached hydrogen (secondary N) is 2. The number of amides is 1. The standard InChI is InChI=1S/C25H25N3O3/c1-16(2)15-31-25(30)26-18-9-7-8-17(14-18)24(29)28-23-19-10-3-5-12-21(19)27-22-13-6-4-11-20(22)23/h3-14,16,24,29H,15H2,1-2H3,(H,26,30)(H,27,28). The minimum Gasteiger partial charge on any atom is -0.449 e. The summed E-state index contributed by atoms with van der Waals surface area (Å²) in [7, 11) is 0. The van der Waals surface area contributed by atoms with Crippen LogP contribution in [-0.2, 0) is 4.74 Å². The first kappa shape index (κ1) is 20.6. The van der Waals surface area contributed by atoms with Gasteiger partial charge in [-0.05, 0) is 30.2 Å². The lowest BCUT2D eigenvalue weighted by Gasteiger charge is -2.19. The lowest BCUT2D eigenvalue weighted by atomic mass is 10.1. The molecule has 4 rings (SSSR count). The number of aliphatic hydroxyl groups is 1. The number of hydrogen-bond donors (Lipinski definition) is 3. The number of rotatable bonds is 6. The van der Waals surface area contributed by atoms with Crippen LogP contribution in [0, 0.1) is 5.92 Å². The van der Waals surface area contributed by atoms with Crippen molar-refractivity contribution in [3.8, 4) is 0 Å². The molecule has 6 nitrogen and oxygen atoms in total. The van der Waals surface area contributed by atoms with Gasteiger partial charge < -0.3 is 15.2 Å². The van der Waals surface area contributed by atoms with Gasteiger partial charge in [0.25, 0.3) is 0 Å². The Balaban J connectivity index is 1.61. The Kier molecular flexibility index (Phi) is 6.00. The maximum atomic E-state index is 12.0. The van der Waals surface area contributed by atoms with Gasteiger partial charge in [-0.1, -0.05) is 62.4 Å². The van der Waals surface area contributed by atoms with Crippen molar-refractivity contribution in [2.24, 2.45) is 5.92 Å². The molecule has 1 unspecified atom stereocenters. The van der Waals surface area contributed by atoms with Crippen molar-refractivity contribution < 1.29 is 14.6 Å². The Morgan fingerprint density at radius 1 is 0.968 bits per heavy atom. The van der Waals surface area contributed by atoms with Crippen molar-refractivity contribution >= 4 is 39.3 Å². The van der Waals surface area contributed by atoms with Gasteiger partial charge in [-0.3, -0.25) is 5.32 Å². The summed E-state index contributed by atoms with van der Waals surface area (Å²) in [5.74, 6) is 0.258. The van der Waals surface area contributed by atoms with Crippen molar-refractivity contribution in [2.45, 2.75) is 20.1 Å². The molecule has 31 heavy (non-hydrogen) atoms. The fraction of sp³-hybridized carbons (Fsp3) is 0.200. The van der Waals surface area contributed by atoms with Gasteiger partial charge in [0.1, 0.15) is 0 Å². The van der Waals surface area contributed by atoms with Gasteiger partial charge in [-0.25, -0.2) is 9.78 Å². The van der Waals surface area contributed by atoms with Crippen molar-refractivity contribution in [1.82, 2.24) is 4.98 Å². The number of benzene rings is 3. The Bertz CT molecular complexity index is 1170. The molecular formula is C25H25N3O3. The van der Waals surface area contributed by atoms with Crippen LogP contribution < -0.4 is 10.6 Å². The molecule has 4 aromatic rings. The molecule has 1 amide bonds. The Morgan fingerprint density at radius 2 is 1.61 bits per heavy atom. The molecule has 1 aromatic heterocycles. The third-order valence-electron chi connectivity index (χ3n) is 4.87. The van der Waals surface area contributed by atoms with Gasteiger partial charge in [0, 0.05) is 22.0 Å². The summed E-state index contributed by atoms with van der Waals surface area (Å²) in [6.07, 6.45) is -1.50. The van der Waals surface area contributed by atoms with Crippen molar-refractivity contribution in [3.63, 3.8) is 0 Å². The average molecular weight is 415 g/mol. The first-order valence-electron chi connectivity index (χ1n) is 10.3. The molecule has 0 aliphatic carbocycles. The van der Waals surface area contributed by atoms with Crippen molar-refractivity contribution in [1.29, 1.82) is 0 Å². The van der Waals surface area contributed by atoms with Crippen molar-refractivity contribution in [3.05, 3.63) is 78.4 Å². The van der Waals surface area contributed by atoms with Crippen LogP contribution in [0.1, 0.15) is 25.6 Å². The molecule has 3 N–H and O–H groups in total. The van der Waals surface area contributed by atoms with Crippen LogP contribution in [-0.4, -0.2) is 22.8 Å². The second kappa shape index (κ2) is 9.02. The average Bonchev–Trinajstić information content (AvgIpc) is 2.77. The van der Waals surface area contributed by atoms with E-state index in [-0.39, 0.29) is 5.92 Å². The van der Waals surface area contributed by atoms with Gasteiger partial charge >= 0.3 is 6.09 Å². The van der Waals surface area contributed by atoms with Gasteiger partial charge in [-0.15, -0.1) is 0 Å². The molecule has 1 atom stereocenters. The van der Waals surface area contributed by atoms with E-state index < -0.39 is 12.3 Å². The minimum atomic E-state index is -0.984. The van der Waals surface area contributed by atoms with E-state index in [0.717, 1.165) is 27.5 Å². The predicted molar refractivity (Wildman–Crippen MR) is 124 cm³/mol. The van der Waals surface area contributed by atoms with E-state index >= 15 is 0 Å². The lowest BCUT2D eigenvalue weighted by Crippen LogP contribution is -2.17.